The highest BCUT2D eigenvalue weighted by molar-refractivity contribution is 5.95. The molecule has 110 valence electrons. The number of aromatic carboxylic acids is 1. The molecule has 0 atom stereocenters. The van der Waals surface area contributed by atoms with Gasteiger partial charge in [0.1, 0.15) is 5.56 Å². The van der Waals surface area contributed by atoms with Crippen molar-refractivity contribution in [2.75, 3.05) is 32.1 Å². The van der Waals surface area contributed by atoms with Crippen LogP contribution in [0.1, 0.15) is 34.6 Å². The van der Waals surface area contributed by atoms with Gasteiger partial charge in [0, 0.05) is 24.8 Å². The van der Waals surface area contributed by atoms with Crippen LogP contribution in [-0.4, -0.2) is 54.2 Å². The second kappa shape index (κ2) is 5.79. The summed E-state index contributed by atoms with van der Waals surface area (Å²) in [5.41, 5.74) is 2.64. The Morgan fingerprint density at radius 2 is 1.95 bits per heavy atom. The van der Waals surface area contributed by atoms with Gasteiger partial charge in [0.25, 0.3) is 0 Å². The molecule has 0 bridgehead atoms. The molecule has 1 saturated heterocycles. The van der Waals surface area contributed by atoms with Gasteiger partial charge in [-0.1, -0.05) is 0 Å². The molecule has 0 radical (unpaired) electrons. The summed E-state index contributed by atoms with van der Waals surface area (Å²) in [4.78, 5) is 20.2. The number of anilines is 1. The van der Waals surface area contributed by atoms with Gasteiger partial charge in [-0.25, -0.2) is 4.79 Å². The van der Waals surface area contributed by atoms with Crippen LogP contribution < -0.4 is 4.90 Å². The molecule has 0 spiro atoms. The van der Waals surface area contributed by atoms with Crippen molar-refractivity contribution < 1.29 is 9.90 Å². The van der Waals surface area contributed by atoms with E-state index in [1.54, 1.807) is 6.92 Å². The van der Waals surface area contributed by atoms with Crippen LogP contribution in [0.5, 0.6) is 0 Å². The Morgan fingerprint density at radius 3 is 2.45 bits per heavy atom. The van der Waals surface area contributed by atoms with Gasteiger partial charge in [-0.05, 0) is 46.9 Å². The van der Waals surface area contributed by atoms with Crippen molar-refractivity contribution in [1.29, 1.82) is 0 Å². The van der Waals surface area contributed by atoms with Gasteiger partial charge < -0.3 is 14.9 Å². The Kier molecular flexibility index (Phi) is 4.28. The summed E-state index contributed by atoms with van der Waals surface area (Å²) in [5.74, 6) is -0.889. The van der Waals surface area contributed by atoms with Crippen molar-refractivity contribution in [3.8, 4) is 0 Å². The normalized spacial score (nSPS) is 16.8. The van der Waals surface area contributed by atoms with Crippen LogP contribution in [0.3, 0.4) is 0 Å². The summed E-state index contributed by atoms with van der Waals surface area (Å²) in [7, 11) is 4.20. The van der Waals surface area contributed by atoms with Crippen LogP contribution >= 0.6 is 0 Å². The molecule has 1 aliphatic heterocycles. The van der Waals surface area contributed by atoms with Gasteiger partial charge >= 0.3 is 5.97 Å². The van der Waals surface area contributed by atoms with Gasteiger partial charge in [0.15, 0.2) is 0 Å². The minimum absolute atomic E-state index is 0.346. The third-order valence-corrected chi connectivity index (χ3v) is 4.06. The molecule has 0 amide bonds. The summed E-state index contributed by atoms with van der Waals surface area (Å²) in [5, 5.41) is 9.43. The third-order valence-electron chi connectivity index (χ3n) is 4.06. The molecule has 0 aromatic carbocycles. The van der Waals surface area contributed by atoms with Crippen LogP contribution in [0.25, 0.3) is 0 Å². The lowest BCUT2D eigenvalue weighted by molar-refractivity contribution is 0.0696. The van der Waals surface area contributed by atoms with E-state index in [0.717, 1.165) is 37.3 Å². The molecule has 5 heteroatoms. The second-order valence-corrected chi connectivity index (χ2v) is 5.73. The lowest BCUT2D eigenvalue weighted by atomic mass is 10.0. The summed E-state index contributed by atoms with van der Waals surface area (Å²) in [6, 6.07) is 2.48. The maximum absolute atomic E-state index is 11.5. The second-order valence-electron chi connectivity index (χ2n) is 5.73. The third kappa shape index (κ3) is 2.93. The number of carboxylic acid groups (broad SMARTS) is 1. The van der Waals surface area contributed by atoms with E-state index in [1.807, 2.05) is 13.0 Å². The zero-order chi connectivity index (χ0) is 14.9. The lowest BCUT2D eigenvalue weighted by Gasteiger charge is -2.37. The van der Waals surface area contributed by atoms with Crippen molar-refractivity contribution in [2.45, 2.75) is 32.7 Å². The maximum Gasteiger partial charge on any atom is 0.339 e. The largest absolute Gasteiger partial charge is 0.478 e. The van der Waals surface area contributed by atoms with Crippen LogP contribution in [0.4, 0.5) is 5.69 Å². The quantitative estimate of drug-likeness (QED) is 0.915. The first-order chi connectivity index (χ1) is 9.40. The summed E-state index contributed by atoms with van der Waals surface area (Å²) >= 11 is 0. The average molecular weight is 277 g/mol. The number of hydrogen-bond acceptors (Lipinski definition) is 4. The van der Waals surface area contributed by atoms with E-state index in [-0.39, 0.29) is 0 Å². The summed E-state index contributed by atoms with van der Waals surface area (Å²) < 4.78 is 0. The Hall–Kier alpha value is -1.62. The molecule has 20 heavy (non-hydrogen) atoms. The molecule has 1 aromatic rings. The molecule has 2 heterocycles. The molecule has 1 aliphatic rings. The molecule has 1 fully saturated rings. The number of aromatic nitrogens is 1. The number of hydrogen-bond donors (Lipinski definition) is 1. The Labute approximate surface area is 120 Å². The zero-order valence-corrected chi connectivity index (χ0v) is 12.7. The number of aryl methyl sites for hydroxylation is 2. The van der Waals surface area contributed by atoms with Crippen molar-refractivity contribution in [1.82, 2.24) is 9.88 Å². The van der Waals surface area contributed by atoms with E-state index in [4.69, 9.17) is 0 Å². The predicted molar refractivity (Wildman–Crippen MR) is 79.6 cm³/mol. The van der Waals surface area contributed by atoms with Gasteiger partial charge in [0.05, 0.1) is 11.4 Å². The Bertz CT molecular complexity index is 506. The molecule has 0 aliphatic carbocycles. The number of carboxylic acids is 1. The summed E-state index contributed by atoms with van der Waals surface area (Å²) in [6.45, 7) is 5.47. The maximum atomic E-state index is 11.5. The summed E-state index contributed by atoms with van der Waals surface area (Å²) in [6.07, 6.45) is 2.12. The van der Waals surface area contributed by atoms with Gasteiger partial charge in [-0.2, -0.15) is 0 Å². The number of nitrogens with zero attached hydrogens (tertiary/aromatic N) is 3. The topological polar surface area (TPSA) is 56.7 Å². The van der Waals surface area contributed by atoms with Crippen molar-refractivity contribution in [3.63, 3.8) is 0 Å². The molecule has 5 nitrogen and oxygen atoms in total. The SMILES string of the molecule is Cc1cc(N2CCC(N(C)C)CC2)c(C(=O)O)c(C)n1. The van der Waals surface area contributed by atoms with Gasteiger partial charge in [-0.15, -0.1) is 0 Å². The number of piperidine rings is 1. The van der Waals surface area contributed by atoms with Crippen molar-refractivity contribution in [3.05, 3.63) is 23.0 Å². The zero-order valence-electron chi connectivity index (χ0n) is 12.7. The molecule has 1 N–H and O–H groups in total. The van der Waals surface area contributed by atoms with E-state index < -0.39 is 5.97 Å². The molecule has 1 aromatic heterocycles. The van der Waals surface area contributed by atoms with Crippen molar-refractivity contribution >= 4 is 11.7 Å². The van der Waals surface area contributed by atoms with E-state index in [9.17, 15) is 9.90 Å². The monoisotopic (exact) mass is 277 g/mol. The number of rotatable bonds is 3. The van der Waals surface area contributed by atoms with E-state index in [1.165, 1.54) is 0 Å². The lowest BCUT2D eigenvalue weighted by Crippen LogP contribution is -2.42. The van der Waals surface area contributed by atoms with Gasteiger partial charge in [-0.3, -0.25) is 4.98 Å². The first-order valence-corrected chi connectivity index (χ1v) is 7.03. The van der Waals surface area contributed by atoms with Crippen LogP contribution in [0, 0.1) is 13.8 Å². The Morgan fingerprint density at radius 1 is 1.35 bits per heavy atom. The van der Waals surface area contributed by atoms with Crippen LogP contribution in [0.2, 0.25) is 0 Å². The van der Waals surface area contributed by atoms with Crippen LogP contribution in [0.15, 0.2) is 6.07 Å². The minimum atomic E-state index is -0.889. The standard InChI is InChI=1S/C15H23N3O2/c1-10-9-13(14(15(19)20)11(2)16-10)18-7-5-12(6-8-18)17(3)4/h9,12H,5-8H2,1-4H3,(H,19,20). The molecule has 2 rings (SSSR count). The molecular weight excluding hydrogens is 254 g/mol. The number of pyridine rings is 1. The minimum Gasteiger partial charge on any atom is -0.478 e. The first-order valence-electron chi connectivity index (χ1n) is 7.03. The molecule has 0 saturated carbocycles. The Balaban J connectivity index is 2.27. The van der Waals surface area contributed by atoms with Gasteiger partial charge in [0.2, 0.25) is 0 Å². The van der Waals surface area contributed by atoms with E-state index in [2.05, 4.69) is 28.9 Å². The first kappa shape index (κ1) is 14.8. The van der Waals surface area contributed by atoms with Crippen LogP contribution in [-0.2, 0) is 0 Å². The predicted octanol–water partition coefficient (Wildman–Crippen LogP) is 1.93. The number of carbonyl (C=O) groups is 1. The molecular formula is C15H23N3O2. The van der Waals surface area contributed by atoms with E-state index in [0.29, 0.717) is 17.3 Å². The fourth-order valence-corrected chi connectivity index (χ4v) is 2.94. The fraction of sp³-hybridized carbons (Fsp3) is 0.600. The van der Waals surface area contributed by atoms with Crippen molar-refractivity contribution in [2.24, 2.45) is 0 Å². The highest BCUT2D eigenvalue weighted by atomic mass is 16.4. The average Bonchev–Trinajstić information content (AvgIpc) is 2.37. The smallest absolute Gasteiger partial charge is 0.339 e. The highest BCUT2D eigenvalue weighted by Crippen LogP contribution is 2.27. The fourth-order valence-electron chi connectivity index (χ4n) is 2.94. The molecule has 0 unspecified atom stereocenters. The van der Waals surface area contributed by atoms with E-state index >= 15 is 0 Å². The highest BCUT2D eigenvalue weighted by Gasteiger charge is 2.25.